The second kappa shape index (κ2) is 8.77. The molecule has 0 saturated carbocycles. The van der Waals surface area contributed by atoms with Crippen molar-refractivity contribution in [3.63, 3.8) is 0 Å². The van der Waals surface area contributed by atoms with Crippen LogP contribution in [-0.2, 0) is 6.54 Å². The van der Waals surface area contributed by atoms with Gasteiger partial charge < -0.3 is 19.9 Å². The van der Waals surface area contributed by atoms with Crippen LogP contribution in [0.3, 0.4) is 0 Å². The van der Waals surface area contributed by atoms with E-state index in [1.165, 1.54) is 18.5 Å². The van der Waals surface area contributed by atoms with E-state index in [4.69, 9.17) is 9.73 Å². The van der Waals surface area contributed by atoms with Crippen LogP contribution in [0, 0.1) is 5.92 Å². The van der Waals surface area contributed by atoms with Crippen molar-refractivity contribution in [3.05, 3.63) is 29.8 Å². The Hall–Kier alpha value is -1.75. The molecule has 1 heterocycles. The van der Waals surface area contributed by atoms with Crippen LogP contribution >= 0.6 is 0 Å². The molecule has 1 saturated heterocycles. The highest BCUT2D eigenvalue weighted by molar-refractivity contribution is 5.79. The summed E-state index contributed by atoms with van der Waals surface area (Å²) < 4.78 is 5.21. The largest absolute Gasteiger partial charge is 0.497 e. The van der Waals surface area contributed by atoms with Crippen LogP contribution in [0.25, 0.3) is 0 Å². The van der Waals surface area contributed by atoms with Gasteiger partial charge >= 0.3 is 0 Å². The Bertz CT molecular complexity index is 500. The monoisotopic (exact) mass is 318 g/mol. The van der Waals surface area contributed by atoms with Crippen molar-refractivity contribution >= 4 is 5.96 Å². The summed E-state index contributed by atoms with van der Waals surface area (Å²) in [5.41, 5.74) is 1.25. The Balaban J connectivity index is 1.94. The molecule has 1 unspecified atom stereocenters. The maximum absolute atomic E-state index is 5.21. The van der Waals surface area contributed by atoms with Gasteiger partial charge in [-0.3, -0.25) is 4.99 Å². The molecule has 0 aliphatic carbocycles. The summed E-state index contributed by atoms with van der Waals surface area (Å²) in [7, 11) is 5.97. The normalized spacial score (nSPS) is 19.0. The summed E-state index contributed by atoms with van der Waals surface area (Å²) in [6.07, 6.45) is 1.25. The van der Waals surface area contributed by atoms with Gasteiger partial charge in [0.1, 0.15) is 5.75 Å². The fraction of sp³-hybridized carbons (Fsp3) is 0.611. The van der Waals surface area contributed by atoms with Crippen molar-refractivity contribution in [3.8, 4) is 5.75 Å². The van der Waals surface area contributed by atoms with E-state index in [0.717, 1.165) is 37.9 Å². The van der Waals surface area contributed by atoms with Gasteiger partial charge in [0.05, 0.1) is 7.11 Å². The van der Waals surface area contributed by atoms with Gasteiger partial charge in [0, 0.05) is 33.2 Å². The quantitative estimate of drug-likeness (QED) is 0.644. The lowest BCUT2D eigenvalue weighted by Crippen LogP contribution is -2.38. The second-order valence-corrected chi connectivity index (χ2v) is 6.32. The number of methoxy groups -OCH3 is 1. The molecule has 0 radical (unpaired) electrons. The van der Waals surface area contributed by atoms with Crippen LogP contribution in [0.2, 0.25) is 0 Å². The lowest BCUT2D eigenvalue weighted by molar-refractivity contribution is 0.396. The Morgan fingerprint density at radius 2 is 2.13 bits per heavy atom. The van der Waals surface area contributed by atoms with Crippen molar-refractivity contribution in [2.45, 2.75) is 19.9 Å². The first kappa shape index (κ1) is 17.6. The lowest BCUT2D eigenvalue weighted by Gasteiger charge is -2.23. The standard InChI is InChI=1S/C18H30N4O/c1-5-19-18(20-12-16-10-11-21(2)13-16)22(3)14-15-6-8-17(23-4)9-7-15/h6-9,16H,5,10-14H2,1-4H3,(H,19,20). The number of benzene rings is 1. The molecule has 1 aliphatic rings. The molecule has 1 aliphatic heterocycles. The molecule has 2 rings (SSSR count). The van der Waals surface area contributed by atoms with E-state index in [-0.39, 0.29) is 0 Å². The van der Waals surface area contributed by atoms with E-state index in [9.17, 15) is 0 Å². The molecular weight excluding hydrogens is 288 g/mol. The highest BCUT2D eigenvalue weighted by Gasteiger charge is 2.19. The second-order valence-electron chi connectivity index (χ2n) is 6.32. The lowest BCUT2D eigenvalue weighted by atomic mass is 10.1. The Morgan fingerprint density at radius 3 is 2.70 bits per heavy atom. The zero-order valence-electron chi connectivity index (χ0n) is 14.9. The topological polar surface area (TPSA) is 40.1 Å². The van der Waals surface area contributed by atoms with Gasteiger partial charge in [-0.1, -0.05) is 12.1 Å². The number of hydrogen-bond acceptors (Lipinski definition) is 3. The number of hydrogen-bond donors (Lipinski definition) is 1. The molecule has 5 heteroatoms. The predicted molar refractivity (Wildman–Crippen MR) is 96.0 cm³/mol. The minimum Gasteiger partial charge on any atom is -0.497 e. The minimum atomic E-state index is 0.683. The average molecular weight is 318 g/mol. The van der Waals surface area contributed by atoms with Gasteiger partial charge in [0.25, 0.3) is 0 Å². The zero-order valence-corrected chi connectivity index (χ0v) is 14.9. The molecule has 1 fully saturated rings. The maximum atomic E-state index is 5.21. The van der Waals surface area contributed by atoms with Gasteiger partial charge in [-0.05, 0) is 50.6 Å². The van der Waals surface area contributed by atoms with Gasteiger partial charge in [-0.15, -0.1) is 0 Å². The number of rotatable bonds is 6. The van der Waals surface area contributed by atoms with Gasteiger partial charge in [0.15, 0.2) is 5.96 Å². The van der Waals surface area contributed by atoms with Crippen molar-refractivity contribution in [1.29, 1.82) is 0 Å². The fourth-order valence-electron chi connectivity index (χ4n) is 2.94. The zero-order chi connectivity index (χ0) is 16.7. The van der Waals surface area contributed by atoms with E-state index < -0.39 is 0 Å². The SMILES string of the molecule is CCNC(=NCC1CCN(C)C1)N(C)Cc1ccc(OC)cc1. The molecule has 0 amide bonds. The number of guanidine groups is 1. The first-order valence-electron chi connectivity index (χ1n) is 8.43. The van der Waals surface area contributed by atoms with Gasteiger partial charge in [-0.2, -0.15) is 0 Å². The average Bonchev–Trinajstić information content (AvgIpc) is 2.97. The molecule has 5 nitrogen and oxygen atoms in total. The van der Waals surface area contributed by atoms with Gasteiger partial charge in [-0.25, -0.2) is 0 Å². The molecule has 1 aromatic carbocycles. The molecular formula is C18H30N4O. The maximum Gasteiger partial charge on any atom is 0.193 e. The first-order chi connectivity index (χ1) is 11.1. The molecule has 128 valence electrons. The number of likely N-dealkylation sites (tertiary alicyclic amines) is 1. The van der Waals surface area contributed by atoms with Crippen LogP contribution < -0.4 is 10.1 Å². The van der Waals surface area contributed by atoms with E-state index in [1.54, 1.807) is 7.11 Å². The number of ether oxygens (including phenoxy) is 1. The molecule has 23 heavy (non-hydrogen) atoms. The van der Waals surface area contributed by atoms with Crippen molar-refractivity contribution in [2.75, 3.05) is 47.4 Å². The molecule has 0 aromatic heterocycles. The third-order valence-corrected chi connectivity index (χ3v) is 4.26. The summed E-state index contributed by atoms with van der Waals surface area (Å²) in [5.74, 6) is 2.56. The third-order valence-electron chi connectivity index (χ3n) is 4.26. The van der Waals surface area contributed by atoms with Crippen molar-refractivity contribution in [2.24, 2.45) is 10.9 Å². The molecule has 0 spiro atoms. The smallest absolute Gasteiger partial charge is 0.193 e. The summed E-state index contributed by atoms with van der Waals surface area (Å²) in [6, 6.07) is 8.21. The van der Waals surface area contributed by atoms with Crippen molar-refractivity contribution in [1.82, 2.24) is 15.1 Å². The minimum absolute atomic E-state index is 0.683. The summed E-state index contributed by atoms with van der Waals surface area (Å²) in [6.45, 7) is 7.08. The van der Waals surface area contributed by atoms with E-state index >= 15 is 0 Å². The Morgan fingerprint density at radius 1 is 1.39 bits per heavy atom. The highest BCUT2D eigenvalue weighted by Crippen LogP contribution is 2.15. The van der Waals surface area contributed by atoms with Crippen LogP contribution in [0.5, 0.6) is 5.75 Å². The Kier molecular flexibility index (Phi) is 6.71. The van der Waals surface area contributed by atoms with E-state index in [1.807, 2.05) is 12.1 Å². The molecule has 1 N–H and O–H groups in total. The predicted octanol–water partition coefficient (Wildman–Crippen LogP) is 2.04. The molecule has 1 aromatic rings. The van der Waals surface area contributed by atoms with Crippen LogP contribution in [0.1, 0.15) is 18.9 Å². The fourth-order valence-corrected chi connectivity index (χ4v) is 2.94. The molecule has 0 bridgehead atoms. The summed E-state index contributed by atoms with van der Waals surface area (Å²) in [5, 5.41) is 3.40. The van der Waals surface area contributed by atoms with E-state index in [0.29, 0.717) is 5.92 Å². The van der Waals surface area contributed by atoms with Crippen LogP contribution in [0.15, 0.2) is 29.3 Å². The number of nitrogens with zero attached hydrogens (tertiary/aromatic N) is 3. The highest BCUT2D eigenvalue weighted by atomic mass is 16.5. The Labute approximate surface area is 140 Å². The number of nitrogens with one attached hydrogen (secondary N) is 1. The van der Waals surface area contributed by atoms with E-state index in [2.05, 4.69) is 48.3 Å². The first-order valence-corrected chi connectivity index (χ1v) is 8.43. The summed E-state index contributed by atoms with van der Waals surface area (Å²) >= 11 is 0. The summed E-state index contributed by atoms with van der Waals surface area (Å²) in [4.78, 5) is 9.41. The van der Waals surface area contributed by atoms with Crippen LogP contribution in [0.4, 0.5) is 0 Å². The van der Waals surface area contributed by atoms with Gasteiger partial charge in [0.2, 0.25) is 0 Å². The van der Waals surface area contributed by atoms with Crippen molar-refractivity contribution < 1.29 is 4.74 Å². The molecule has 1 atom stereocenters. The number of aliphatic imine (C=N–C) groups is 1. The third kappa shape index (κ3) is 5.43. The van der Waals surface area contributed by atoms with Crippen LogP contribution in [-0.4, -0.2) is 63.1 Å².